The molecule has 5 heteroatoms. The first-order valence-corrected chi connectivity index (χ1v) is 11.2. The number of fused-ring (bicyclic) bond motifs is 3. The molecule has 2 aromatic heterocycles. The van der Waals surface area contributed by atoms with E-state index in [-0.39, 0.29) is 5.02 Å². The summed E-state index contributed by atoms with van der Waals surface area (Å²) in [5, 5.41) is 4.57. The maximum atomic E-state index is 13.8. The molecule has 0 radical (unpaired) electrons. The Morgan fingerprint density at radius 1 is 0.967 bits per heavy atom. The molecule has 1 aliphatic heterocycles. The molecule has 0 spiro atoms. The molecule has 0 fully saturated rings. The number of halogens is 2. The summed E-state index contributed by atoms with van der Waals surface area (Å²) in [7, 11) is 0. The van der Waals surface area contributed by atoms with Crippen molar-refractivity contribution >= 4 is 49.6 Å². The molecule has 0 bridgehead atoms. The fourth-order valence-corrected chi connectivity index (χ4v) is 5.38. The standard InChI is InChI=1S/C25H18ClFN2S/c26-21-11-20-23(12-22(21)27)28-13-24(20)29-7-5-17-9-15(1-2-19(17)14-29)16-3-4-25-18(10-16)6-8-30-25/h1-4,6,8-13,28H,5,7,14H2. The van der Waals surface area contributed by atoms with Crippen molar-refractivity contribution < 1.29 is 4.39 Å². The summed E-state index contributed by atoms with van der Waals surface area (Å²) in [4.78, 5) is 5.52. The molecule has 5 aromatic rings. The summed E-state index contributed by atoms with van der Waals surface area (Å²) in [5.74, 6) is -0.394. The van der Waals surface area contributed by atoms with E-state index in [1.807, 2.05) is 6.20 Å². The summed E-state index contributed by atoms with van der Waals surface area (Å²) >= 11 is 7.81. The van der Waals surface area contributed by atoms with Gasteiger partial charge in [-0.1, -0.05) is 35.9 Å². The Balaban J connectivity index is 1.33. The first kappa shape index (κ1) is 18.0. The summed E-state index contributed by atoms with van der Waals surface area (Å²) < 4.78 is 15.1. The quantitative estimate of drug-likeness (QED) is 0.308. The van der Waals surface area contributed by atoms with Crippen molar-refractivity contribution in [1.29, 1.82) is 0 Å². The molecule has 2 nitrogen and oxygen atoms in total. The summed E-state index contributed by atoms with van der Waals surface area (Å²) in [5.41, 5.74) is 7.12. The number of nitrogens with one attached hydrogen (secondary N) is 1. The van der Waals surface area contributed by atoms with Crippen LogP contribution >= 0.6 is 22.9 Å². The van der Waals surface area contributed by atoms with Crippen LogP contribution in [0, 0.1) is 5.82 Å². The summed E-state index contributed by atoms with van der Waals surface area (Å²) in [6.45, 7) is 1.75. The zero-order valence-electron chi connectivity index (χ0n) is 16.1. The van der Waals surface area contributed by atoms with Crippen molar-refractivity contribution in [1.82, 2.24) is 4.98 Å². The summed E-state index contributed by atoms with van der Waals surface area (Å²) in [6.07, 6.45) is 2.93. The van der Waals surface area contributed by atoms with Crippen LogP contribution in [-0.4, -0.2) is 11.5 Å². The van der Waals surface area contributed by atoms with Gasteiger partial charge in [0.05, 0.1) is 16.2 Å². The van der Waals surface area contributed by atoms with E-state index in [1.165, 1.54) is 38.4 Å². The molecule has 0 unspecified atom stereocenters. The van der Waals surface area contributed by atoms with Crippen LogP contribution in [0.1, 0.15) is 11.1 Å². The number of anilines is 1. The van der Waals surface area contributed by atoms with Gasteiger partial charge in [0.2, 0.25) is 0 Å². The number of benzene rings is 3. The van der Waals surface area contributed by atoms with Gasteiger partial charge >= 0.3 is 0 Å². The third kappa shape index (κ3) is 2.91. The highest BCUT2D eigenvalue weighted by Gasteiger charge is 2.20. The van der Waals surface area contributed by atoms with Crippen molar-refractivity contribution in [2.45, 2.75) is 13.0 Å². The predicted molar refractivity (Wildman–Crippen MR) is 125 cm³/mol. The van der Waals surface area contributed by atoms with E-state index >= 15 is 0 Å². The lowest BCUT2D eigenvalue weighted by atomic mass is 9.94. The Kier molecular flexibility index (Phi) is 4.12. The molecule has 1 aliphatic rings. The third-order valence-electron chi connectivity index (χ3n) is 6.05. The normalized spacial score (nSPS) is 13.9. The molecule has 0 saturated carbocycles. The molecule has 0 saturated heterocycles. The molecule has 0 aliphatic carbocycles. The number of nitrogens with zero attached hydrogens (tertiary/aromatic N) is 1. The first-order valence-electron chi connectivity index (χ1n) is 9.96. The Morgan fingerprint density at radius 3 is 2.77 bits per heavy atom. The largest absolute Gasteiger partial charge is 0.365 e. The maximum absolute atomic E-state index is 13.8. The molecule has 6 rings (SSSR count). The van der Waals surface area contributed by atoms with Gasteiger partial charge < -0.3 is 9.88 Å². The average Bonchev–Trinajstić information content (AvgIpc) is 3.39. The van der Waals surface area contributed by atoms with Crippen molar-refractivity contribution in [2.75, 3.05) is 11.4 Å². The Morgan fingerprint density at radius 2 is 1.83 bits per heavy atom. The molecule has 0 amide bonds. The highest BCUT2D eigenvalue weighted by Crippen LogP contribution is 2.35. The zero-order valence-corrected chi connectivity index (χ0v) is 17.7. The number of aromatic amines is 1. The number of rotatable bonds is 2. The number of H-pyrrole nitrogens is 1. The Bertz CT molecular complexity index is 1420. The third-order valence-corrected chi connectivity index (χ3v) is 7.23. The SMILES string of the molecule is Fc1cc2[nH]cc(N3CCc4cc(-c5ccc6sccc6c5)ccc4C3)c2cc1Cl. The van der Waals surface area contributed by atoms with Gasteiger partial charge in [-0.3, -0.25) is 0 Å². The molecule has 0 atom stereocenters. The van der Waals surface area contributed by atoms with Crippen LogP contribution in [0.2, 0.25) is 5.02 Å². The van der Waals surface area contributed by atoms with Gasteiger partial charge in [0.15, 0.2) is 0 Å². The van der Waals surface area contributed by atoms with Crippen LogP contribution in [0.25, 0.3) is 32.1 Å². The second-order valence-corrected chi connectivity index (χ2v) is 9.17. The highest BCUT2D eigenvalue weighted by atomic mass is 35.5. The molecule has 1 N–H and O–H groups in total. The minimum absolute atomic E-state index is 0.160. The fraction of sp³-hybridized carbons (Fsp3) is 0.120. The van der Waals surface area contributed by atoms with E-state index in [0.717, 1.165) is 36.1 Å². The van der Waals surface area contributed by atoms with Gasteiger partial charge in [-0.05, 0) is 69.8 Å². The minimum atomic E-state index is -0.394. The number of hydrogen-bond acceptors (Lipinski definition) is 2. The monoisotopic (exact) mass is 432 g/mol. The van der Waals surface area contributed by atoms with Crippen LogP contribution in [0.15, 0.2) is 66.2 Å². The van der Waals surface area contributed by atoms with Crippen molar-refractivity contribution in [2.24, 2.45) is 0 Å². The molecular formula is C25H18ClFN2S. The van der Waals surface area contributed by atoms with Crippen LogP contribution in [0.5, 0.6) is 0 Å². The second kappa shape index (κ2) is 6.86. The van der Waals surface area contributed by atoms with E-state index in [1.54, 1.807) is 17.4 Å². The van der Waals surface area contributed by atoms with Crippen LogP contribution in [0.4, 0.5) is 10.1 Å². The van der Waals surface area contributed by atoms with E-state index in [4.69, 9.17) is 11.6 Å². The molecule has 30 heavy (non-hydrogen) atoms. The second-order valence-electron chi connectivity index (χ2n) is 7.81. The minimum Gasteiger partial charge on any atom is -0.365 e. The highest BCUT2D eigenvalue weighted by molar-refractivity contribution is 7.17. The maximum Gasteiger partial charge on any atom is 0.143 e. The lowest BCUT2D eigenvalue weighted by molar-refractivity contribution is 0.630. The number of hydrogen-bond donors (Lipinski definition) is 1. The predicted octanol–water partition coefficient (Wildman–Crippen LogP) is 7.40. The summed E-state index contributed by atoms with van der Waals surface area (Å²) in [6, 6.07) is 18.9. The van der Waals surface area contributed by atoms with Gasteiger partial charge in [-0.15, -0.1) is 11.3 Å². The lowest BCUT2D eigenvalue weighted by Gasteiger charge is -2.30. The van der Waals surface area contributed by atoms with Crippen molar-refractivity contribution in [3.63, 3.8) is 0 Å². The molecule has 148 valence electrons. The van der Waals surface area contributed by atoms with Crippen LogP contribution < -0.4 is 4.90 Å². The first-order chi connectivity index (χ1) is 14.7. The molecule has 3 heterocycles. The van der Waals surface area contributed by atoms with Crippen LogP contribution in [0.3, 0.4) is 0 Å². The number of thiophene rings is 1. The lowest BCUT2D eigenvalue weighted by Crippen LogP contribution is -2.30. The molecule has 3 aromatic carbocycles. The van der Waals surface area contributed by atoms with Gasteiger partial charge in [-0.25, -0.2) is 4.39 Å². The Hall–Kier alpha value is -2.82. The van der Waals surface area contributed by atoms with Crippen molar-refractivity contribution in [3.8, 4) is 11.1 Å². The Labute approximate surface area is 182 Å². The fourth-order valence-electron chi connectivity index (χ4n) is 4.45. The molecular weight excluding hydrogens is 415 g/mol. The van der Waals surface area contributed by atoms with Gasteiger partial charge in [-0.2, -0.15) is 0 Å². The van der Waals surface area contributed by atoms with Crippen LogP contribution in [-0.2, 0) is 13.0 Å². The van der Waals surface area contributed by atoms with Crippen molar-refractivity contribution in [3.05, 3.63) is 88.1 Å². The van der Waals surface area contributed by atoms with E-state index in [0.29, 0.717) is 0 Å². The average molecular weight is 433 g/mol. The zero-order chi connectivity index (χ0) is 20.2. The van der Waals surface area contributed by atoms with Gasteiger partial charge in [0.1, 0.15) is 5.82 Å². The van der Waals surface area contributed by atoms with E-state index in [2.05, 4.69) is 57.7 Å². The smallest absolute Gasteiger partial charge is 0.143 e. The van der Waals surface area contributed by atoms with E-state index < -0.39 is 5.82 Å². The topological polar surface area (TPSA) is 19.0 Å². The van der Waals surface area contributed by atoms with E-state index in [9.17, 15) is 4.39 Å². The van der Waals surface area contributed by atoms with Gasteiger partial charge in [0.25, 0.3) is 0 Å². The van der Waals surface area contributed by atoms with Gasteiger partial charge in [0, 0.05) is 29.4 Å². The number of aromatic nitrogens is 1.